The van der Waals surface area contributed by atoms with Crippen LogP contribution in [0, 0.1) is 0 Å². The molecule has 164 valence electrons. The summed E-state index contributed by atoms with van der Waals surface area (Å²) >= 11 is 5.98. The Morgan fingerprint density at radius 2 is 1.77 bits per heavy atom. The van der Waals surface area contributed by atoms with E-state index >= 15 is 0 Å². The molecule has 1 N–H and O–H groups in total. The Kier molecular flexibility index (Phi) is 6.83. The van der Waals surface area contributed by atoms with Gasteiger partial charge in [0.05, 0.1) is 28.0 Å². The van der Waals surface area contributed by atoms with E-state index in [0.29, 0.717) is 16.1 Å². The van der Waals surface area contributed by atoms with Crippen molar-refractivity contribution in [1.29, 1.82) is 0 Å². The zero-order valence-electron chi connectivity index (χ0n) is 17.8. The fourth-order valence-electron chi connectivity index (χ4n) is 3.25. The summed E-state index contributed by atoms with van der Waals surface area (Å²) in [6.45, 7) is 4.05. The van der Waals surface area contributed by atoms with E-state index in [0.717, 1.165) is 15.7 Å². The zero-order valence-corrected chi connectivity index (χ0v) is 19.4. The van der Waals surface area contributed by atoms with Crippen molar-refractivity contribution in [2.24, 2.45) is 0 Å². The molecule has 0 aliphatic heterocycles. The Morgan fingerprint density at radius 3 is 2.39 bits per heavy atom. The molecular formula is C22H25ClN4O3S. The molecule has 1 aromatic heterocycles. The minimum absolute atomic E-state index is 0.0281. The smallest absolute Gasteiger partial charge is 0.255 e. The van der Waals surface area contributed by atoms with Gasteiger partial charge in [-0.3, -0.25) is 4.79 Å². The number of rotatable bonds is 7. The molecule has 3 aromatic rings. The molecule has 1 amide bonds. The Hall–Kier alpha value is -2.68. The van der Waals surface area contributed by atoms with Crippen molar-refractivity contribution in [3.05, 3.63) is 76.6 Å². The number of nitrogens with one attached hydrogen (secondary N) is 1. The maximum absolute atomic E-state index is 13.0. The van der Waals surface area contributed by atoms with Crippen molar-refractivity contribution in [2.45, 2.75) is 31.2 Å². The molecule has 0 unspecified atom stereocenters. The molecule has 1 heterocycles. The highest BCUT2D eigenvalue weighted by atomic mass is 35.5. The second-order valence-electron chi connectivity index (χ2n) is 7.56. The maximum Gasteiger partial charge on any atom is 0.255 e. The molecule has 0 spiro atoms. The van der Waals surface area contributed by atoms with Gasteiger partial charge in [-0.05, 0) is 41.8 Å². The second-order valence-corrected chi connectivity index (χ2v) is 10.1. The van der Waals surface area contributed by atoms with Crippen molar-refractivity contribution < 1.29 is 13.2 Å². The van der Waals surface area contributed by atoms with Gasteiger partial charge in [-0.1, -0.05) is 43.6 Å². The molecule has 0 radical (unpaired) electrons. The highest BCUT2D eigenvalue weighted by Crippen LogP contribution is 2.24. The molecule has 0 fully saturated rings. The minimum Gasteiger partial charge on any atom is -0.348 e. The van der Waals surface area contributed by atoms with E-state index in [4.69, 9.17) is 11.6 Å². The van der Waals surface area contributed by atoms with E-state index in [-0.39, 0.29) is 23.3 Å². The number of sulfonamides is 1. The molecule has 0 atom stereocenters. The molecule has 9 heteroatoms. The lowest BCUT2D eigenvalue weighted by Crippen LogP contribution is -2.27. The molecule has 7 nitrogen and oxygen atoms in total. The second kappa shape index (κ2) is 9.21. The van der Waals surface area contributed by atoms with Crippen LogP contribution in [0.5, 0.6) is 0 Å². The van der Waals surface area contributed by atoms with Crippen LogP contribution >= 0.6 is 11.6 Å². The zero-order chi connectivity index (χ0) is 22.8. The average molecular weight is 461 g/mol. The Labute approximate surface area is 187 Å². The van der Waals surface area contributed by atoms with Gasteiger partial charge < -0.3 is 5.32 Å². The fraction of sp³-hybridized carbons (Fsp3) is 0.273. The topological polar surface area (TPSA) is 84.3 Å². The van der Waals surface area contributed by atoms with Gasteiger partial charge in [0.1, 0.15) is 0 Å². The molecule has 3 rings (SSSR count). The first-order valence-electron chi connectivity index (χ1n) is 9.75. The lowest BCUT2D eigenvalue weighted by atomic mass is 10.0. The van der Waals surface area contributed by atoms with Gasteiger partial charge in [0.25, 0.3) is 5.91 Å². The number of benzene rings is 2. The lowest BCUT2D eigenvalue weighted by Gasteiger charge is -2.16. The first-order valence-corrected chi connectivity index (χ1v) is 11.6. The number of hydrogen-bond acceptors (Lipinski definition) is 4. The van der Waals surface area contributed by atoms with E-state index in [9.17, 15) is 13.2 Å². The summed E-state index contributed by atoms with van der Waals surface area (Å²) in [4.78, 5) is 13.2. The number of amides is 1. The third-order valence-electron chi connectivity index (χ3n) is 4.84. The Balaban J connectivity index is 1.88. The minimum atomic E-state index is -3.62. The van der Waals surface area contributed by atoms with Gasteiger partial charge in [-0.2, -0.15) is 5.10 Å². The molecule has 2 aromatic carbocycles. The monoisotopic (exact) mass is 460 g/mol. The van der Waals surface area contributed by atoms with Crippen LogP contribution in [0.2, 0.25) is 5.02 Å². The van der Waals surface area contributed by atoms with E-state index in [1.54, 1.807) is 35.0 Å². The lowest BCUT2D eigenvalue weighted by molar-refractivity contribution is 0.0949. The summed E-state index contributed by atoms with van der Waals surface area (Å²) in [7, 11) is -0.668. The summed E-state index contributed by atoms with van der Waals surface area (Å²) in [6.07, 6.45) is 1.53. The largest absolute Gasteiger partial charge is 0.348 e. The van der Waals surface area contributed by atoms with Gasteiger partial charge in [0, 0.05) is 25.7 Å². The van der Waals surface area contributed by atoms with Gasteiger partial charge in [0.2, 0.25) is 10.0 Å². The highest BCUT2D eigenvalue weighted by molar-refractivity contribution is 7.89. The molecule has 0 saturated heterocycles. The predicted octanol–water partition coefficient (Wildman–Crippen LogP) is 3.83. The van der Waals surface area contributed by atoms with Crippen LogP contribution in [-0.2, 0) is 16.6 Å². The van der Waals surface area contributed by atoms with Crippen LogP contribution in [0.4, 0.5) is 0 Å². The fourth-order valence-corrected chi connectivity index (χ4v) is 4.49. The van der Waals surface area contributed by atoms with Gasteiger partial charge in [0.15, 0.2) is 0 Å². The summed E-state index contributed by atoms with van der Waals surface area (Å²) in [5.74, 6) is -0.290. The molecular weight excluding hydrogens is 436 g/mol. The maximum atomic E-state index is 13.0. The van der Waals surface area contributed by atoms with Crippen LogP contribution in [-0.4, -0.2) is 42.5 Å². The van der Waals surface area contributed by atoms with Gasteiger partial charge in [-0.15, -0.1) is 0 Å². The number of halogens is 1. The first-order chi connectivity index (χ1) is 14.6. The first kappa shape index (κ1) is 23.0. The number of carbonyl (C=O) groups excluding carboxylic acids is 1. The SMILES string of the molecule is CC(C)c1c(C(=O)NCc2ccccc2S(=O)(=O)N(C)C)cnn1-c1ccc(Cl)cc1. The Morgan fingerprint density at radius 1 is 1.13 bits per heavy atom. The Bertz CT molecular complexity index is 1190. The van der Waals surface area contributed by atoms with Crippen LogP contribution in [0.3, 0.4) is 0 Å². The average Bonchev–Trinajstić information content (AvgIpc) is 3.18. The van der Waals surface area contributed by atoms with Crippen LogP contribution < -0.4 is 5.32 Å². The third-order valence-corrected chi connectivity index (χ3v) is 7.01. The molecule has 0 aliphatic rings. The van der Waals surface area contributed by atoms with E-state index in [2.05, 4.69) is 10.4 Å². The van der Waals surface area contributed by atoms with Crippen LogP contribution in [0.1, 0.15) is 41.4 Å². The molecule has 0 bridgehead atoms. The van der Waals surface area contributed by atoms with E-state index < -0.39 is 10.0 Å². The van der Waals surface area contributed by atoms with E-state index in [1.165, 1.54) is 26.4 Å². The summed E-state index contributed by atoms with van der Waals surface area (Å²) in [6, 6.07) is 13.8. The molecule has 31 heavy (non-hydrogen) atoms. The predicted molar refractivity (Wildman–Crippen MR) is 121 cm³/mol. The number of carbonyl (C=O) groups is 1. The molecule has 0 saturated carbocycles. The number of nitrogens with zero attached hydrogens (tertiary/aromatic N) is 3. The van der Waals surface area contributed by atoms with Crippen molar-refractivity contribution in [3.63, 3.8) is 0 Å². The summed E-state index contributed by atoms with van der Waals surface area (Å²) in [5.41, 5.74) is 2.52. The third kappa shape index (κ3) is 4.81. The van der Waals surface area contributed by atoms with Crippen molar-refractivity contribution in [3.8, 4) is 5.69 Å². The molecule has 0 aliphatic carbocycles. The number of hydrogen-bond donors (Lipinski definition) is 1. The summed E-state index contributed by atoms with van der Waals surface area (Å²) in [5, 5.41) is 7.86. The summed E-state index contributed by atoms with van der Waals surface area (Å²) < 4.78 is 28.0. The number of aromatic nitrogens is 2. The van der Waals surface area contributed by atoms with Crippen LogP contribution in [0.15, 0.2) is 59.6 Å². The highest BCUT2D eigenvalue weighted by Gasteiger charge is 2.23. The quantitative estimate of drug-likeness (QED) is 0.580. The van der Waals surface area contributed by atoms with Crippen molar-refractivity contribution in [2.75, 3.05) is 14.1 Å². The van der Waals surface area contributed by atoms with Crippen molar-refractivity contribution >= 4 is 27.5 Å². The normalized spacial score (nSPS) is 11.8. The van der Waals surface area contributed by atoms with Gasteiger partial charge >= 0.3 is 0 Å². The van der Waals surface area contributed by atoms with E-state index in [1.807, 2.05) is 26.0 Å². The van der Waals surface area contributed by atoms with Crippen molar-refractivity contribution in [1.82, 2.24) is 19.4 Å². The standard InChI is InChI=1S/C22H25ClN4O3S/c1-15(2)21-19(14-25-27(21)18-11-9-17(23)10-12-18)22(28)24-13-16-7-5-6-8-20(16)31(29,30)26(3)4/h5-12,14-15H,13H2,1-4H3,(H,24,28). The van der Waals surface area contributed by atoms with Gasteiger partial charge in [-0.25, -0.2) is 17.4 Å². The van der Waals surface area contributed by atoms with Crippen LogP contribution in [0.25, 0.3) is 5.69 Å².